The normalized spacial score (nSPS) is 20.3. The van der Waals surface area contributed by atoms with Gasteiger partial charge in [0, 0.05) is 33.0 Å². The average molecular weight is 575 g/mol. The van der Waals surface area contributed by atoms with Gasteiger partial charge in [0.1, 0.15) is 5.65 Å². The van der Waals surface area contributed by atoms with Crippen LogP contribution in [0.5, 0.6) is 0 Å². The number of imidazole rings is 1. The van der Waals surface area contributed by atoms with Gasteiger partial charge in [-0.2, -0.15) is 0 Å². The highest BCUT2D eigenvalue weighted by Crippen LogP contribution is 2.55. The minimum atomic E-state index is -3.27. The van der Waals surface area contributed by atoms with Crippen LogP contribution in [0.3, 0.4) is 0 Å². The molecule has 3 unspecified atom stereocenters. The molecule has 0 bridgehead atoms. The molecule has 8 rings (SSSR count). The highest BCUT2D eigenvalue weighted by atomic mass is 31.2. The molecule has 2 aromatic heterocycles. The van der Waals surface area contributed by atoms with Crippen LogP contribution < -0.4 is 21.0 Å². The zero-order chi connectivity index (χ0) is 29.1. The summed E-state index contributed by atoms with van der Waals surface area (Å²) in [5.74, 6) is 0.0289. The van der Waals surface area contributed by atoms with Crippen molar-refractivity contribution in [1.29, 1.82) is 0 Å². The SMILES string of the molecule is C/C=c1/cccc(P(=O)(c2ccc3c4ccccc4c4nc5ccccc5n4c3c2)C2C=CC=C3C=CC=CC32)/c1=C/C. The van der Waals surface area contributed by atoms with Crippen LogP contribution in [0.2, 0.25) is 0 Å². The van der Waals surface area contributed by atoms with Gasteiger partial charge in [-0.25, -0.2) is 4.98 Å². The predicted molar refractivity (Wildman–Crippen MR) is 183 cm³/mol. The van der Waals surface area contributed by atoms with Crippen molar-refractivity contribution in [2.45, 2.75) is 19.5 Å². The summed E-state index contributed by atoms with van der Waals surface area (Å²) in [7, 11) is -3.27. The summed E-state index contributed by atoms with van der Waals surface area (Å²) in [6.45, 7) is 4.10. The van der Waals surface area contributed by atoms with Crippen molar-refractivity contribution in [2.24, 2.45) is 5.92 Å². The van der Waals surface area contributed by atoms with Gasteiger partial charge in [-0.05, 0) is 53.4 Å². The topological polar surface area (TPSA) is 34.4 Å². The maximum Gasteiger partial charge on any atom is 0.151 e. The van der Waals surface area contributed by atoms with E-state index in [0.29, 0.717) is 0 Å². The quantitative estimate of drug-likeness (QED) is 0.164. The van der Waals surface area contributed by atoms with E-state index in [4.69, 9.17) is 4.98 Å². The number of allylic oxidation sites excluding steroid dienone is 8. The lowest BCUT2D eigenvalue weighted by molar-refractivity contribution is 0.575. The molecule has 0 radical (unpaired) electrons. The van der Waals surface area contributed by atoms with Gasteiger partial charge in [0.15, 0.2) is 7.14 Å². The standard InChI is InChI=1S/C39H31N2OP/c1-3-26-14-11-21-37(29(26)4-2)43(42,38-22-12-15-27-13-5-6-16-30(27)38)28-23-24-32-31-17-7-8-18-33(31)39-40-34-19-9-10-20-35(34)41(39)36(32)25-28/h3-25,30,38H,1-2H3/b26-3-,29-4+. The molecule has 4 heteroatoms. The van der Waals surface area contributed by atoms with Crippen LogP contribution in [0.15, 0.2) is 133 Å². The van der Waals surface area contributed by atoms with E-state index in [1.807, 2.05) is 6.07 Å². The van der Waals surface area contributed by atoms with Gasteiger partial charge < -0.3 is 4.57 Å². The van der Waals surface area contributed by atoms with E-state index in [2.05, 4.69) is 152 Å². The second-order valence-electron chi connectivity index (χ2n) is 11.3. The fourth-order valence-electron chi connectivity index (χ4n) is 7.20. The van der Waals surface area contributed by atoms with Gasteiger partial charge in [0.25, 0.3) is 0 Å². The summed E-state index contributed by atoms with van der Waals surface area (Å²) in [6, 6.07) is 29.5. The summed E-state index contributed by atoms with van der Waals surface area (Å²) in [5, 5.41) is 7.31. The first-order valence-corrected chi connectivity index (χ1v) is 16.7. The molecule has 0 amide bonds. The van der Waals surface area contributed by atoms with Crippen molar-refractivity contribution in [3.05, 3.63) is 143 Å². The van der Waals surface area contributed by atoms with Gasteiger partial charge in [0.05, 0.1) is 16.6 Å². The molecule has 43 heavy (non-hydrogen) atoms. The minimum absolute atomic E-state index is 0.0289. The maximum atomic E-state index is 16.3. The molecular formula is C39H31N2OP. The summed E-state index contributed by atoms with van der Waals surface area (Å²) in [6.07, 6.45) is 19.2. The van der Waals surface area contributed by atoms with E-state index in [-0.39, 0.29) is 11.6 Å². The number of hydrogen-bond acceptors (Lipinski definition) is 2. The lowest BCUT2D eigenvalue weighted by Gasteiger charge is -2.35. The van der Waals surface area contributed by atoms with Crippen molar-refractivity contribution in [1.82, 2.24) is 9.38 Å². The van der Waals surface area contributed by atoms with Crippen LogP contribution in [-0.4, -0.2) is 15.0 Å². The Hall–Kier alpha value is -4.72. The van der Waals surface area contributed by atoms with Crippen LogP contribution in [-0.2, 0) is 4.57 Å². The Balaban J connectivity index is 1.51. The Morgan fingerprint density at radius 3 is 2.47 bits per heavy atom. The number of benzene rings is 4. The van der Waals surface area contributed by atoms with E-state index < -0.39 is 7.14 Å². The highest BCUT2D eigenvalue weighted by Gasteiger charge is 2.42. The van der Waals surface area contributed by atoms with Gasteiger partial charge in [-0.1, -0.05) is 121 Å². The fraction of sp³-hybridized carbons (Fsp3) is 0.103. The van der Waals surface area contributed by atoms with Gasteiger partial charge in [-0.15, -0.1) is 0 Å². The van der Waals surface area contributed by atoms with Crippen LogP contribution >= 0.6 is 7.14 Å². The molecule has 0 fully saturated rings. The summed E-state index contributed by atoms with van der Waals surface area (Å²) < 4.78 is 18.6. The van der Waals surface area contributed by atoms with Crippen molar-refractivity contribution in [2.75, 3.05) is 0 Å². The Kier molecular flexibility index (Phi) is 6.00. The average Bonchev–Trinajstić information content (AvgIpc) is 3.47. The third kappa shape index (κ3) is 3.75. The molecular weight excluding hydrogens is 543 g/mol. The highest BCUT2D eigenvalue weighted by molar-refractivity contribution is 7.79. The Morgan fingerprint density at radius 1 is 0.767 bits per heavy atom. The Bertz CT molecular complexity index is 2420. The molecule has 0 saturated carbocycles. The van der Waals surface area contributed by atoms with Crippen LogP contribution in [0, 0.1) is 5.92 Å². The molecule has 3 nitrogen and oxygen atoms in total. The molecule has 0 N–H and O–H groups in total. The third-order valence-corrected chi connectivity index (χ3v) is 12.7. The number of fused-ring (bicyclic) bond motifs is 9. The lowest BCUT2D eigenvalue weighted by Crippen LogP contribution is -2.43. The molecule has 2 heterocycles. The van der Waals surface area contributed by atoms with Gasteiger partial charge in [0.2, 0.25) is 0 Å². The lowest BCUT2D eigenvalue weighted by atomic mass is 9.88. The Labute approximate surface area is 250 Å². The smallest absolute Gasteiger partial charge is 0.151 e. The van der Waals surface area contributed by atoms with E-state index >= 15 is 4.57 Å². The second kappa shape index (κ2) is 9.93. The van der Waals surface area contributed by atoms with E-state index in [1.54, 1.807) is 0 Å². The fourth-order valence-corrected chi connectivity index (χ4v) is 10.7. The van der Waals surface area contributed by atoms with Crippen molar-refractivity contribution >= 4 is 68.3 Å². The summed E-state index contributed by atoms with van der Waals surface area (Å²) in [4.78, 5) is 5.09. The molecule has 4 aromatic carbocycles. The van der Waals surface area contributed by atoms with E-state index in [0.717, 1.165) is 59.4 Å². The molecule has 0 spiro atoms. The first-order chi connectivity index (χ1) is 21.1. The number of hydrogen-bond donors (Lipinski definition) is 0. The first kappa shape index (κ1) is 25.9. The van der Waals surface area contributed by atoms with Crippen molar-refractivity contribution in [3.63, 3.8) is 0 Å². The molecule has 2 aliphatic carbocycles. The minimum Gasteiger partial charge on any atom is -0.313 e. The third-order valence-electron chi connectivity index (χ3n) is 9.19. The number of rotatable bonds is 3. The van der Waals surface area contributed by atoms with Crippen LogP contribution in [0.4, 0.5) is 0 Å². The largest absolute Gasteiger partial charge is 0.313 e. The summed E-state index contributed by atoms with van der Waals surface area (Å²) in [5.41, 5.74) is 4.93. The number of aromatic nitrogens is 2. The van der Waals surface area contributed by atoms with Gasteiger partial charge >= 0.3 is 0 Å². The monoisotopic (exact) mass is 574 g/mol. The number of para-hydroxylation sites is 2. The molecule has 0 saturated heterocycles. The zero-order valence-electron chi connectivity index (χ0n) is 24.2. The Morgan fingerprint density at radius 2 is 1.60 bits per heavy atom. The molecule has 0 aliphatic heterocycles. The zero-order valence-corrected chi connectivity index (χ0v) is 25.1. The molecule has 6 aromatic rings. The van der Waals surface area contributed by atoms with E-state index in [1.165, 1.54) is 5.57 Å². The summed E-state index contributed by atoms with van der Waals surface area (Å²) >= 11 is 0. The van der Waals surface area contributed by atoms with Crippen LogP contribution in [0.25, 0.3) is 50.5 Å². The van der Waals surface area contributed by atoms with E-state index in [9.17, 15) is 0 Å². The maximum absolute atomic E-state index is 16.3. The predicted octanol–water partition coefficient (Wildman–Crippen LogP) is 7.32. The molecule has 208 valence electrons. The number of pyridine rings is 1. The molecule has 3 atom stereocenters. The second-order valence-corrected chi connectivity index (χ2v) is 14.2. The van der Waals surface area contributed by atoms with Gasteiger partial charge in [-0.3, -0.25) is 4.40 Å². The van der Waals surface area contributed by atoms with Crippen molar-refractivity contribution in [3.8, 4) is 0 Å². The van der Waals surface area contributed by atoms with Crippen LogP contribution in [0.1, 0.15) is 13.8 Å². The first-order valence-electron chi connectivity index (χ1n) is 14.9. The number of nitrogens with zero attached hydrogens (tertiary/aromatic N) is 2. The molecule has 2 aliphatic rings. The van der Waals surface area contributed by atoms with Crippen molar-refractivity contribution < 1.29 is 4.57 Å².